The molecule has 0 aliphatic carbocycles. The lowest BCUT2D eigenvalue weighted by molar-refractivity contribution is -0.384. The van der Waals surface area contributed by atoms with Crippen LogP contribution in [0.3, 0.4) is 0 Å². The Morgan fingerprint density at radius 3 is 2.23 bits per heavy atom. The van der Waals surface area contributed by atoms with Gasteiger partial charge in [-0.2, -0.15) is 0 Å². The van der Waals surface area contributed by atoms with Crippen molar-refractivity contribution in [1.82, 2.24) is 0 Å². The fourth-order valence-corrected chi connectivity index (χ4v) is 5.84. The molecule has 0 saturated carbocycles. The Morgan fingerprint density at radius 2 is 1.53 bits per heavy atom. The van der Waals surface area contributed by atoms with Gasteiger partial charge in [-0.25, -0.2) is 14.6 Å². The number of anilines is 2. The number of non-ortho nitro benzene ring substituents is 1. The molecule has 0 bridgehead atoms. The average molecular weight is 693 g/mol. The molecule has 0 unspecified atom stereocenters. The number of aryl methyl sites for hydroxylation is 1. The summed E-state index contributed by atoms with van der Waals surface area (Å²) in [6.07, 6.45) is 1.42. The van der Waals surface area contributed by atoms with E-state index in [0.717, 1.165) is 20.7 Å². The first-order valence-electron chi connectivity index (χ1n) is 14.4. The zero-order valence-corrected chi connectivity index (χ0v) is 26.8. The van der Waals surface area contributed by atoms with Crippen LogP contribution in [-0.4, -0.2) is 29.9 Å². The number of fused-ring (bicyclic) bond motifs is 1. The first-order valence-corrected chi connectivity index (χ1v) is 15.2. The minimum Gasteiger partial charge on any atom is -0.493 e. The Kier molecular flexibility index (Phi) is 8.55. The molecule has 10 nitrogen and oxygen atoms in total. The van der Waals surface area contributed by atoms with Gasteiger partial charge in [0.15, 0.2) is 11.5 Å². The van der Waals surface area contributed by atoms with E-state index in [9.17, 15) is 24.5 Å². The van der Waals surface area contributed by atoms with Crippen LogP contribution in [0.25, 0.3) is 16.8 Å². The lowest BCUT2D eigenvalue weighted by atomic mass is 10.0. The van der Waals surface area contributed by atoms with Crippen molar-refractivity contribution in [1.29, 1.82) is 0 Å². The molecular formula is C36H26BrN3O7. The number of amides is 4. The number of nitrogens with zero attached hydrogens (tertiary/aromatic N) is 3. The maximum Gasteiger partial charge on any atom is 0.343 e. The van der Waals surface area contributed by atoms with E-state index < -0.39 is 22.8 Å². The number of imide groups is 2. The van der Waals surface area contributed by atoms with Gasteiger partial charge in [0.2, 0.25) is 0 Å². The Labute approximate surface area is 277 Å². The Bertz CT molecular complexity index is 2090. The normalized spacial score (nSPS) is 14.2. The summed E-state index contributed by atoms with van der Waals surface area (Å²) in [6.45, 7) is 1.99. The Morgan fingerprint density at radius 1 is 0.851 bits per heavy atom. The summed E-state index contributed by atoms with van der Waals surface area (Å²) < 4.78 is 12.0. The third kappa shape index (κ3) is 6.08. The van der Waals surface area contributed by atoms with E-state index in [4.69, 9.17) is 9.47 Å². The van der Waals surface area contributed by atoms with Gasteiger partial charge in [-0.15, -0.1) is 0 Å². The van der Waals surface area contributed by atoms with Gasteiger partial charge in [0, 0.05) is 17.5 Å². The SMILES string of the molecule is COc1cc(/C=C2\C(=O)N(c3ccc(C)cc3)C(=O)N(c3cccc4ccccc34)C2=O)cc(Br)c1OCc1ccc([N+](=O)[O-])cc1. The van der Waals surface area contributed by atoms with Crippen LogP contribution >= 0.6 is 15.9 Å². The van der Waals surface area contributed by atoms with Crippen LogP contribution in [0.2, 0.25) is 0 Å². The standard InChI is InChI=1S/C36H26BrN3O7/c1-22-10-14-26(15-11-22)38-34(41)29(35(42)39(36(38)43)31-9-5-7-25-6-3-4-8-28(25)31)18-24-19-30(37)33(32(20-24)46-2)47-21-23-12-16-27(17-13-23)40(44)45/h3-20H,21H2,1-2H3/b29-18+. The van der Waals surface area contributed by atoms with Crippen molar-refractivity contribution in [2.75, 3.05) is 16.9 Å². The molecule has 0 N–H and O–H groups in total. The van der Waals surface area contributed by atoms with Gasteiger partial charge in [-0.05, 0) is 87.9 Å². The highest BCUT2D eigenvalue weighted by Gasteiger charge is 2.44. The van der Waals surface area contributed by atoms with Crippen molar-refractivity contribution < 1.29 is 28.8 Å². The molecule has 234 valence electrons. The number of ether oxygens (including phenoxy) is 2. The Balaban J connectivity index is 1.40. The van der Waals surface area contributed by atoms with Gasteiger partial charge >= 0.3 is 6.03 Å². The number of hydrogen-bond acceptors (Lipinski definition) is 7. The largest absolute Gasteiger partial charge is 0.493 e. The molecule has 6 rings (SSSR count). The summed E-state index contributed by atoms with van der Waals surface area (Å²) in [5, 5.41) is 12.5. The molecule has 0 radical (unpaired) electrons. The van der Waals surface area contributed by atoms with E-state index in [0.29, 0.717) is 43.9 Å². The van der Waals surface area contributed by atoms with Crippen LogP contribution in [-0.2, 0) is 16.2 Å². The summed E-state index contributed by atoms with van der Waals surface area (Å²) in [5.41, 5.74) is 2.49. The predicted octanol–water partition coefficient (Wildman–Crippen LogP) is 7.99. The summed E-state index contributed by atoms with van der Waals surface area (Å²) >= 11 is 3.51. The van der Waals surface area contributed by atoms with E-state index in [1.165, 1.54) is 25.3 Å². The van der Waals surface area contributed by atoms with Gasteiger partial charge in [0.05, 0.1) is 27.9 Å². The van der Waals surface area contributed by atoms with Crippen molar-refractivity contribution in [3.05, 3.63) is 140 Å². The monoisotopic (exact) mass is 691 g/mol. The Hall–Kier alpha value is -5.81. The van der Waals surface area contributed by atoms with Crippen LogP contribution in [0.15, 0.2) is 113 Å². The number of barbiturate groups is 1. The zero-order chi connectivity index (χ0) is 33.2. The summed E-state index contributed by atoms with van der Waals surface area (Å²) in [5.74, 6) is -0.883. The molecule has 1 fully saturated rings. The molecule has 5 aromatic rings. The van der Waals surface area contributed by atoms with Crippen LogP contribution in [0.5, 0.6) is 11.5 Å². The number of rotatable bonds is 8. The van der Waals surface area contributed by atoms with Crippen molar-refractivity contribution >= 4 is 67.7 Å². The quantitative estimate of drug-likeness (QED) is 0.0700. The fourth-order valence-electron chi connectivity index (χ4n) is 5.27. The van der Waals surface area contributed by atoms with E-state index in [1.807, 2.05) is 37.3 Å². The van der Waals surface area contributed by atoms with Gasteiger partial charge in [0.25, 0.3) is 17.5 Å². The van der Waals surface area contributed by atoms with Crippen molar-refractivity contribution in [3.63, 3.8) is 0 Å². The molecule has 0 atom stereocenters. The molecule has 1 aliphatic rings. The maximum atomic E-state index is 14.1. The topological polar surface area (TPSA) is 119 Å². The maximum absolute atomic E-state index is 14.1. The number of halogens is 1. The van der Waals surface area contributed by atoms with Crippen molar-refractivity contribution in [2.45, 2.75) is 13.5 Å². The number of urea groups is 1. The molecular weight excluding hydrogens is 666 g/mol. The van der Waals surface area contributed by atoms with Crippen molar-refractivity contribution in [2.24, 2.45) is 0 Å². The molecule has 1 aliphatic heterocycles. The molecule has 1 heterocycles. The fraction of sp³-hybridized carbons (Fsp3) is 0.0833. The second-order valence-electron chi connectivity index (χ2n) is 10.7. The second-order valence-corrected chi connectivity index (χ2v) is 11.6. The number of carbonyl (C=O) groups excluding carboxylic acids is 3. The molecule has 0 aromatic heterocycles. The minimum atomic E-state index is -0.786. The highest BCUT2D eigenvalue weighted by molar-refractivity contribution is 9.10. The molecule has 47 heavy (non-hydrogen) atoms. The smallest absolute Gasteiger partial charge is 0.343 e. The van der Waals surface area contributed by atoms with Gasteiger partial charge < -0.3 is 9.47 Å². The van der Waals surface area contributed by atoms with Crippen molar-refractivity contribution in [3.8, 4) is 11.5 Å². The second kappa shape index (κ2) is 12.9. The first kappa shape index (κ1) is 31.2. The number of methoxy groups -OCH3 is 1. The molecule has 11 heteroatoms. The molecule has 1 saturated heterocycles. The van der Waals surface area contributed by atoms with Gasteiger partial charge in [-0.1, -0.05) is 54.1 Å². The van der Waals surface area contributed by atoms with Gasteiger partial charge in [-0.3, -0.25) is 19.7 Å². The van der Waals surface area contributed by atoms with Crippen LogP contribution < -0.4 is 19.3 Å². The lowest BCUT2D eigenvalue weighted by Crippen LogP contribution is -2.57. The predicted molar refractivity (Wildman–Crippen MR) is 182 cm³/mol. The molecule has 0 spiro atoms. The summed E-state index contributed by atoms with van der Waals surface area (Å²) in [7, 11) is 1.45. The average Bonchev–Trinajstić information content (AvgIpc) is 3.07. The highest BCUT2D eigenvalue weighted by Crippen LogP contribution is 2.39. The molecule has 5 aromatic carbocycles. The van der Waals surface area contributed by atoms with Crippen LogP contribution in [0.1, 0.15) is 16.7 Å². The molecule has 4 amide bonds. The van der Waals surface area contributed by atoms with Crippen LogP contribution in [0, 0.1) is 17.0 Å². The van der Waals surface area contributed by atoms with E-state index >= 15 is 0 Å². The lowest BCUT2D eigenvalue weighted by Gasteiger charge is -2.34. The third-order valence-corrected chi connectivity index (χ3v) is 8.23. The number of hydrogen-bond donors (Lipinski definition) is 0. The van der Waals surface area contributed by atoms with E-state index in [1.54, 1.807) is 60.7 Å². The van der Waals surface area contributed by atoms with E-state index in [2.05, 4.69) is 15.9 Å². The first-order chi connectivity index (χ1) is 22.7. The number of nitro groups is 1. The number of nitro benzene ring substituents is 1. The van der Waals surface area contributed by atoms with Crippen LogP contribution in [0.4, 0.5) is 21.9 Å². The number of benzene rings is 5. The third-order valence-electron chi connectivity index (χ3n) is 7.64. The summed E-state index contributed by atoms with van der Waals surface area (Å²) in [4.78, 5) is 54.7. The van der Waals surface area contributed by atoms with Gasteiger partial charge in [0.1, 0.15) is 12.2 Å². The van der Waals surface area contributed by atoms with E-state index in [-0.39, 0.29) is 17.9 Å². The number of carbonyl (C=O) groups is 3. The summed E-state index contributed by atoms with van der Waals surface area (Å²) in [6, 6.07) is 28.1. The highest BCUT2D eigenvalue weighted by atomic mass is 79.9. The zero-order valence-electron chi connectivity index (χ0n) is 25.2. The minimum absolute atomic E-state index is 0.0293.